The standard InChI is InChI=1S/C14H14ClN3O2S/c1-20-12-4-2-9(15)6-11(12)18-14(19)8-21-10-3-5-13(16)17-7-10/h2-7H,8H2,1H3,(H2,16,17)(H,18,19). The molecule has 1 aromatic carbocycles. The number of nitrogens with two attached hydrogens (primary N) is 1. The van der Waals surface area contributed by atoms with E-state index in [0.29, 0.717) is 22.3 Å². The van der Waals surface area contributed by atoms with Gasteiger partial charge in [0, 0.05) is 16.1 Å². The number of carbonyl (C=O) groups is 1. The van der Waals surface area contributed by atoms with Gasteiger partial charge in [-0.3, -0.25) is 4.79 Å². The zero-order valence-electron chi connectivity index (χ0n) is 11.3. The van der Waals surface area contributed by atoms with Gasteiger partial charge in [0.1, 0.15) is 11.6 Å². The van der Waals surface area contributed by atoms with E-state index in [1.807, 2.05) is 6.07 Å². The van der Waals surface area contributed by atoms with Crippen LogP contribution in [-0.2, 0) is 4.79 Å². The second kappa shape index (κ2) is 7.19. The number of nitrogen functional groups attached to an aromatic ring is 1. The monoisotopic (exact) mass is 323 g/mol. The van der Waals surface area contributed by atoms with Crippen molar-refractivity contribution in [1.29, 1.82) is 0 Å². The Morgan fingerprint density at radius 1 is 1.43 bits per heavy atom. The molecule has 0 aliphatic rings. The maximum atomic E-state index is 12.0. The normalized spacial score (nSPS) is 10.2. The molecule has 0 fully saturated rings. The van der Waals surface area contributed by atoms with E-state index in [9.17, 15) is 4.79 Å². The van der Waals surface area contributed by atoms with Gasteiger partial charge >= 0.3 is 0 Å². The van der Waals surface area contributed by atoms with Crippen LogP contribution in [0, 0.1) is 0 Å². The third kappa shape index (κ3) is 4.54. The molecule has 1 aromatic heterocycles. The topological polar surface area (TPSA) is 77.2 Å². The number of benzene rings is 1. The minimum absolute atomic E-state index is 0.155. The first-order chi connectivity index (χ1) is 10.1. The minimum atomic E-state index is -0.155. The van der Waals surface area contributed by atoms with E-state index in [1.54, 1.807) is 30.5 Å². The largest absolute Gasteiger partial charge is 0.495 e. The molecule has 7 heteroatoms. The lowest BCUT2D eigenvalue weighted by Gasteiger charge is -2.10. The molecule has 0 saturated heterocycles. The molecule has 0 radical (unpaired) electrons. The molecule has 0 atom stereocenters. The van der Waals surface area contributed by atoms with Crippen molar-refractivity contribution in [2.45, 2.75) is 4.90 Å². The Balaban J connectivity index is 1.95. The number of ether oxygens (including phenoxy) is 1. The number of thioether (sulfide) groups is 1. The second-order valence-corrected chi connectivity index (χ2v) is 5.59. The number of amides is 1. The van der Waals surface area contributed by atoms with Crippen LogP contribution in [0.3, 0.4) is 0 Å². The third-order valence-corrected chi connectivity index (χ3v) is 3.78. The molecule has 1 amide bonds. The van der Waals surface area contributed by atoms with Gasteiger partial charge in [-0.1, -0.05) is 11.6 Å². The summed E-state index contributed by atoms with van der Waals surface area (Å²) >= 11 is 7.28. The van der Waals surface area contributed by atoms with Gasteiger partial charge in [-0.05, 0) is 30.3 Å². The quantitative estimate of drug-likeness (QED) is 0.827. The van der Waals surface area contributed by atoms with Crippen molar-refractivity contribution in [3.8, 4) is 5.75 Å². The molecule has 0 bridgehead atoms. The molecular formula is C14H14ClN3O2S. The number of carbonyl (C=O) groups excluding carboxylic acids is 1. The summed E-state index contributed by atoms with van der Waals surface area (Å²) in [7, 11) is 1.54. The molecule has 110 valence electrons. The molecule has 2 aromatic rings. The summed E-state index contributed by atoms with van der Waals surface area (Å²) in [5.41, 5.74) is 6.05. The first kappa shape index (κ1) is 15.5. The van der Waals surface area contributed by atoms with Crippen LogP contribution in [0.5, 0.6) is 5.75 Å². The third-order valence-electron chi connectivity index (χ3n) is 2.56. The number of hydrogen-bond donors (Lipinski definition) is 2. The average molecular weight is 324 g/mol. The number of methoxy groups -OCH3 is 1. The van der Waals surface area contributed by atoms with E-state index < -0.39 is 0 Å². The Hall–Kier alpha value is -1.92. The molecule has 3 N–H and O–H groups in total. The molecule has 2 rings (SSSR count). The Morgan fingerprint density at radius 3 is 2.90 bits per heavy atom. The van der Waals surface area contributed by atoms with Gasteiger partial charge in [0.25, 0.3) is 0 Å². The Morgan fingerprint density at radius 2 is 2.24 bits per heavy atom. The van der Waals surface area contributed by atoms with Crippen LogP contribution in [0.1, 0.15) is 0 Å². The highest BCUT2D eigenvalue weighted by molar-refractivity contribution is 8.00. The number of rotatable bonds is 5. The van der Waals surface area contributed by atoms with Gasteiger partial charge < -0.3 is 15.8 Å². The SMILES string of the molecule is COc1ccc(Cl)cc1NC(=O)CSc1ccc(N)nc1. The van der Waals surface area contributed by atoms with Crippen molar-refractivity contribution in [3.63, 3.8) is 0 Å². The van der Waals surface area contributed by atoms with Gasteiger partial charge in [-0.2, -0.15) is 0 Å². The van der Waals surface area contributed by atoms with Crippen molar-refractivity contribution >= 4 is 40.8 Å². The van der Waals surface area contributed by atoms with Crippen LogP contribution in [0.2, 0.25) is 5.02 Å². The number of anilines is 2. The van der Waals surface area contributed by atoms with Crippen molar-refractivity contribution in [1.82, 2.24) is 4.98 Å². The van der Waals surface area contributed by atoms with Crippen LogP contribution in [0.4, 0.5) is 11.5 Å². The number of nitrogens with zero attached hydrogens (tertiary/aromatic N) is 1. The molecule has 0 aliphatic heterocycles. The molecule has 0 aliphatic carbocycles. The predicted octanol–water partition coefficient (Wildman–Crippen LogP) is 3.06. The van der Waals surface area contributed by atoms with Gasteiger partial charge in [0.2, 0.25) is 5.91 Å². The number of nitrogens with one attached hydrogen (secondary N) is 1. The van der Waals surface area contributed by atoms with E-state index in [2.05, 4.69) is 10.3 Å². The summed E-state index contributed by atoms with van der Waals surface area (Å²) < 4.78 is 5.17. The van der Waals surface area contributed by atoms with Gasteiger partial charge in [-0.15, -0.1) is 11.8 Å². The molecule has 0 spiro atoms. The maximum absolute atomic E-state index is 12.0. The highest BCUT2D eigenvalue weighted by atomic mass is 35.5. The lowest BCUT2D eigenvalue weighted by atomic mass is 10.3. The zero-order valence-corrected chi connectivity index (χ0v) is 12.9. The fraction of sp³-hybridized carbons (Fsp3) is 0.143. The van der Waals surface area contributed by atoms with Crippen molar-refractivity contribution in [3.05, 3.63) is 41.6 Å². The van der Waals surface area contributed by atoms with Gasteiger partial charge in [0.15, 0.2) is 0 Å². The van der Waals surface area contributed by atoms with E-state index in [4.69, 9.17) is 22.1 Å². The minimum Gasteiger partial charge on any atom is -0.495 e. The Kier molecular flexibility index (Phi) is 5.30. The summed E-state index contributed by atoms with van der Waals surface area (Å²) in [6.07, 6.45) is 1.63. The molecule has 0 unspecified atom stereocenters. The van der Waals surface area contributed by atoms with Crippen LogP contribution >= 0.6 is 23.4 Å². The van der Waals surface area contributed by atoms with Crippen LogP contribution in [0.15, 0.2) is 41.4 Å². The summed E-state index contributed by atoms with van der Waals surface area (Å²) in [6.45, 7) is 0. The highest BCUT2D eigenvalue weighted by Gasteiger charge is 2.09. The smallest absolute Gasteiger partial charge is 0.234 e. The second-order valence-electron chi connectivity index (χ2n) is 4.10. The van der Waals surface area contributed by atoms with E-state index >= 15 is 0 Å². The van der Waals surface area contributed by atoms with Gasteiger partial charge in [0.05, 0.1) is 18.6 Å². The fourth-order valence-corrected chi connectivity index (χ4v) is 2.42. The lowest BCUT2D eigenvalue weighted by molar-refractivity contribution is -0.113. The first-order valence-corrected chi connectivity index (χ1v) is 7.42. The fourth-order valence-electron chi connectivity index (χ4n) is 1.59. The first-order valence-electron chi connectivity index (χ1n) is 6.06. The Labute approximate surface area is 131 Å². The van der Waals surface area contributed by atoms with Crippen LogP contribution in [-0.4, -0.2) is 23.8 Å². The van der Waals surface area contributed by atoms with E-state index in [1.165, 1.54) is 18.9 Å². The number of hydrogen-bond acceptors (Lipinski definition) is 5. The molecular weight excluding hydrogens is 310 g/mol. The van der Waals surface area contributed by atoms with Crippen molar-refractivity contribution in [2.75, 3.05) is 23.9 Å². The van der Waals surface area contributed by atoms with E-state index in [0.717, 1.165) is 4.90 Å². The summed E-state index contributed by atoms with van der Waals surface area (Å²) in [5.74, 6) is 1.11. The van der Waals surface area contributed by atoms with Crippen molar-refractivity contribution < 1.29 is 9.53 Å². The summed E-state index contributed by atoms with van der Waals surface area (Å²) in [4.78, 5) is 16.8. The number of pyridine rings is 1. The van der Waals surface area contributed by atoms with Crippen LogP contribution < -0.4 is 15.8 Å². The molecule has 0 saturated carbocycles. The molecule has 5 nitrogen and oxygen atoms in total. The molecule has 21 heavy (non-hydrogen) atoms. The maximum Gasteiger partial charge on any atom is 0.234 e. The van der Waals surface area contributed by atoms with Gasteiger partial charge in [-0.25, -0.2) is 4.98 Å². The number of aromatic nitrogens is 1. The highest BCUT2D eigenvalue weighted by Crippen LogP contribution is 2.28. The average Bonchev–Trinajstić information content (AvgIpc) is 2.47. The Bertz CT molecular complexity index is 635. The number of halogens is 1. The van der Waals surface area contributed by atoms with E-state index in [-0.39, 0.29) is 11.7 Å². The predicted molar refractivity (Wildman–Crippen MR) is 86.0 cm³/mol. The summed E-state index contributed by atoms with van der Waals surface area (Å²) in [6, 6.07) is 8.56. The lowest BCUT2D eigenvalue weighted by Crippen LogP contribution is -2.14. The van der Waals surface area contributed by atoms with Crippen molar-refractivity contribution in [2.24, 2.45) is 0 Å². The summed E-state index contributed by atoms with van der Waals surface area (Å²) in [5, 5.41) is 3.30. The van der Waals surface area contributed by atoms with Crippen LogP contribution in [0.25, 0.3) is 0 Å². The molecule has 1 heterocycles. The zero-order chi connectivity index (χ0) is 15.2.